The second kappa shape index (κ2) is 4.93. The van der Waals surface area contributed by atoms with Crippen molar-refractivity contribution < 1.29 is 14.4 Å². The molecule has 0 aliphatic heterocycles. The van der Waals surface area contributed by atoms with E-state index in [-0.39, 0.29) is 5.30 Å². The summed E-state index contributed by atoms with van der Waals surface area (Å²) in [5.74, 6) is 0. The molecule has 100 valence electrons. The van der Waals surface area contributed by atoms with Crippen molar-refractivity contribution >= 4 is 12.9 Å². The lowest BCUT2D eigenvalue weighted by Gasteiger charge is -2.14. The Labute approximate surface area is 113 Å². The molecular formula is C15H17O3P. The Hall–Kier alpha value is -1.41. The van der Waals surface area contributed by atoms with Crippen LogP contribution in [0.25, 0.3) is 11.1 Å². The van der Waals surface area contributed by atoms with Crippen LogP contribution in [-0.4, -0.2) is 9.79 Å². The Balaban J connectivity index is 2.61. The first-order valence-electron chi connectivity index (χ1n) is 6.03. The molecule has 3 nitrogen and oxygen atoms in total. The number of hydrogen-bond acceptors (Lipinski definition) is 1. The molecular weight excluding hydrogens is 259 g/mol. The van der Waals surface area contributed by atoms with E-state index in [2.05, 4.69) is 6.07 Å². The molecule has 2 N–H and O–H groups in total. The van der Waals surface area contributed by atoms with Gasteiger partial charge in [0.15, 0.2) is 0 Å². The standard InChI is InChI=1S/C15H17O3P/c1-10-5-4-6-13(7-10)14-8-11(2)15(12(3)9-14)19(16,17)18/h4-9H,1-3H3,(H2,16,17,18). The van der Waals surface area contributed by atoms with Gasteiger partial charge in [-0.3, -0.25) is 4.57 Å². The average Bonchev–Trinajstić information content (AvgIpc) is 2.25. The number of aryl methyl sites for hydroxylation is 3. The zero-order valence-corrected chi connectivity index (χ0v) is 12.1. The topological polar surface area (TPSA) is 57.5 Å². The molecule has 0 radical (unpaired) electrons. The summed E-state index contributed by atoms with van der Waals surface area (Å²) in [7, 11) is -4.21. The SMILES string of the molecule is Cc1cccc(-c2cc(C)c(P(=O)(O)O)c(C)c2)c1. The molecule has 0 saturated carbocycles. The third kappa shape index (κ3) is 2.95. The summed E-state index contributed by atoms with van der Waals surface area (Å²) >= 11 is 0. The molecule has 0 spiro atoms. The molecule has 19 heavy (non-hydrogen) atoms. The van der Waals surface area contributed by atoms with Crippen molar-refractivity contribution in [3.05, 3.63) is 53.1 Å². The van der Waals surface area contributed by atoms with Crippen molar-refractivity contribution in [2.24, 2.45) is 0 Å². The van der Waals surface area contributed by atoms with Crippen molar-refractivity contribution in [2.75, 3.05) is 0 Å². The van der Waals surface area contributed by atoms with Crippen molar-refractivity contribution in [2.45, 2.75) is 20.8 Å². The molecule has 0 amide bonds. The smallest absolute Gasteiger partial charge is 0.321 e. The van der Waals surface area contributed by atoms with Gasteiger partial charge in [-0.05, 0) is 43.0 Å². The van der Waals surface area contributed by atoms with Crippen LogP contribution in [0.1, 0.15) is 16.7 Å². The molecule has 4 heteroatoms. The summed E-state index contributed by atoms with van der Waals surface area (Å²) in [6.45, 7) is 5.49. The quantitative estimate of drug-likeness (QED) is 0.829. The van der Waals surface area contributed by atoms with Crippen LogP contribution in [0, 0.1) is 20.8 Å². The normalized spacial score (nSPS) is 11.6. The maximum absolute atomic E-state index is 11.5. The fourth-order valence-corrected chi connectivity index (χ4v) is 3.45. The minimum absolute atomic E-state index is 0.143. The van der Waals surface area contributed by atoms with Gasteiger partial charge in [-0.2, -0.15) is 0 Å². The number of benzene rings is 2. The Kier molecular flexibility index (Phi) is 3.64. The molecule has 0 heterocycles. The molecule has 2 rings (SSSR count). The van der Waals surface area contributed by atoms with Crippen LogP contribution in [-0.2, 0) is 4.57 Å². The van der Waals surface area contributed by atoms with Gasteiger partial charge in [-0.25, -0.2) is 0 Å². The van der Waals surface area contributed by atoms with Crippen LogP contribution in [0.2, 0.25) is 0 Å². The molecule has 2 aromatic carbocycles. The molecule has 0 aliphatic carbocycles. The summed E-state index contributed by atoms with van der Waals surface area (Å²) in [6.07, 6.45) is 0. The first-order valence-corrected chi connectivity index (χ1v) is 7.64. The average molecular weight is 276 g/mol. The highest BCUT2D eigenvalue weighted by Gasteiger charge is 2.22. The first-order chi connectivity index (χ1) is 8.79. The third-order valence-corrected chi connectivity index (χ3v) is 4.42. The van der Waals surface area contributed by atoms with E-state index in [1.54, 1.807) is 13.8 Å². The molecule has 0 aliphatic rings. The summed E-state index contributed by atoms with van der Waals surface area (Å²) in [5, 5.41) is 0.143. The van der Waals surface area contributed by atoms with Crippen molar-refractivity contribution in [3.8, 4) is 11.1 Å². The summed E-state index contributed by atoms with van der Waals surface area (Å²) in [4.78, 5) is 18.7. The van der Waals surface area contributed by atoms with E-state index in [0.717, 1.165) is 16.7 Å². The minimum Gasteiger partial charge on any atom is -0.321 e. The molecule has 2 aromatic rings. The summed E-state index contributed by atoms with van der Waals surface area (Å²) < 4.78 is 11.5. The van der Waals surface area contributed by atoms with Crippen LogP contribution < -0.4 is 5.30 Å². The summed E-state index contributed by atoms with van der Waals surface area (Å²) in [6, 6.07) is 11.7. The van der Waals surface area contributed by atoms with Crippen LogP contribution >= 0.6 is 7.60 Å². The van der Waals surface area contributed by atoms with Gasteiger partial charge in [-0.1, -0.05) is 42.0 Å². The third-order valence-electron chi connectivity index (χ3n) is 3.13. The number of rotatable bonds is 2. The van der Waals surface area contributed by atoms with Crippen molar-refractivity contribution in [3.63, 3.8) is 0 Å². The first kappa shape index (κ1) is 14.0. The summed E-state index contributed by atoms with van der Waals surface area (Å²) in [5.41, 5.74) is 4.46. The minimum atomic E-state index is -4.21. The van der Waals surface area contributed by atoms with Crippen molar-refractivity contribution in [1.29, 1.82) is 0 Å². The van der Waals surface area contributed by atoms with Gasteiger partial charge in [0.05, 0.1) is 5.30 Å². The fourth-order valence-electron chi connectivity index (χ4n) is 2.41. The predicted octanol–water partition coefficient (Wildman–Crippen LogP) is 3.08. The van der Waals surface area contributed by atoms with E-state index in [4.69, 9.17) is 0 Å². The molecule has 0 bridgehead atoms. The van der Waals surface area contributed by atoms with Crippen LogP contribution in [0.4, 0.5) is 0 Å². The molecule has 0 atom stereocenters. The Bertz CT molecular complexity index is 648. The Morgan fingerprint density at radius 3 is 1.95 bits per heavy atom. The highest BCUT2D eigenvalue weighted by atomic mass is 31.2. The Morgan fingerprint density at radius 2 is 1.47 bits per heavy atom. The van der Waals surface area contributed by atoms with Gasteiger partial charge >= 0.3 is 7.60 Å². The largest absolute Gasteiger partial charge is 0.356 e. The second-order valence-corrected chi connectivity index (χ2v) is 6.41. The number of hydrogen-bond donors (Lipinski definition) is 2. The molecule has 0 aromatic heterocycles. The monoisotopic (exact) mass is 276 g/mol. The predicted molar refractivity (Wildman–Crippen MR) is 77.8 cm³/mol. The molecule has 0 unspecified atom stereocenters. The molecule has 0 fully saturated rings. The lowest BCUT2D eigenvalue weighted by Crippen LogP contribution is -2.12. The van der Waals surface area contributed by atoms with E-state index in [9.17, 15) is 14.4 Å². The van der Waals surface area contributed by atoms with Gasteiger partial charge in [0, 0.05) is 0 Å². The van der Waals surface area contributed by atoms with Gasteiger partial charge < -0.3 is 9.79 Å². The van der Waals surface area contributed by atoms with Gasteiger partial charge in [0.25, 0.3) is 0 Å². The molecule has 0 saturated heterocycles. The zero-order valence-electron chi connectivity index (χ0n) is 11.2. The van der Waals surface area contributed by atoms with Gasteiger partial charge in [0.1, 0.15) is 0 Å². The maximum atomic E-state index is 11.5. The highest BCUT2D eigenvalue weighted by molar-refractivity contribution is 7.60. The second-order valence-electron chi connectivity index (χ2n) is 4.87. The maximum Gasteiger partial charge on any atom is 0.356 e. The van der Waals surface area contributed by atoms with E-state index < -0.39 is 7.60 Å². The van der Waals surface area contributed by atoms with E-state index in [1.165, 1.54) is 0 Å². The van der Waals surface area contributed by atoms with Crippen LogP contribution in [0.3, 0.4) is 0 Å². The van der Waals surface area contributed by atoms with E-state index in [0.29, 0.717) is 11.1 Å². The van der Waals surface area contributed by atoms with Gasteiger partial charge in [-0.15, -0.1) is 0 Å². The van der Waals surface area contributed by atoms with Crippen LogP contribution in [0.5, 0.6) is 0 Å². The lowest BCUT2D eigenvalue weighted by molar-refractivity contribution is 0.387. The highest BCUT2D eigenvalue weighted by Crippen LogP contribution is 2.37. The van der Waals surface area contributed by atoms with E-state index in [1.807, 2.05) is 37.3 Å². The fraction of sp³-hybridized carbons (Fsp3) is 0.200. The Morgan fingerprint density at radius 1 is 0.895 bits per heavy atom. The van der Waals surface area contributed by atoms with Gasteiger partial charge in [0.2, 0.25) is 0 Å². The zero-order chi connectivity index (χ0) is 14.2. The van der Waals surface area contributed by atoms with E-state index >= 15 is 0 Å². The lowest BCUT2D eigenvalue weighted by atomic mass is 9.99. The van der Waals surface area contributed by atoms with Crippen molar-refractivity contribution in [1.82, 2.24) is 0 Å². The van der Waals surface area contributed by atoms with Crippen LogP contribution in [0.15, 0.2) is 36.4 Å².